The van der Waals surface area contributed by atoms with Crippen molar-refractivity contribution >= 4 is 48.9 Å². The molecular weight excluding hydrogens is 583 g/mol. The molecule has 0 radical (unpaired) electrons. The van der Waals surface area contributed by atoms with Gasteiger partial charge in [-0.3, -0.25) is 0 Å². The zero-order chi connectivity index (χ0) is 32.2. The lowest BCUT2D eigenvalue weighted by atomic mass is 9.85. The number of aromatic nitrogens is 2. The molecule has 3 heteroatoms. The van der Waals surface area contributed by atoms with Gasteiger partial charge in [0.15, 0.2) is 0 Å². The molecule has 228 valence electrons. The van der Waals surface area contributed by atoms with E-state index in [0.29, 0.717) is 0 Å². The Hall–Kier alpha value is -6.06. The van der Waals surface area contributed by atoms with Gasteiger partial charge in [0.1, 0.15) is 0 Å². The van der Waals surface area contributed by atoms with Crippen molar-refractivity contribution in [2.75, 3.05) is 6.54 Å². The summed E-state index contributed by atoms with van der Waals surface area (Å²) < 4.78 is 0. The molecule has 0 saturated heterocycles. The molecule has 48 heavy (non-hydrogen) atoms. The summed E-state index contributed by atoms with van der Waals surface area (Å²) in [5.41, 5.74) is 13.4. The number of benzene rings is 6. The predicted molar refractivity (Wildman–Crippen MR) is 203 cm³/mol. The second kappa shape index (κ2) is 11.3. The Labute approximate surface area is 279 Å². The van der Waals surface area contributed by atoms with Crippen molar-refractivity contribution < 1.29 is 0 Å². The van der Waals surface area contributed by atoms with E-state index in [1.54, 1.807) is 0 Å². The Morgan fingerprint density at radius 1 is 0.479 bits per heavy atom. The van der Waals surface area contributed by atoms with Gasteiger partial charge in [-0.25, -0.2) is 9.97 Å². The number of aryl methyl sites for hydroxylation is 2. The highest BCUT2D eigenvalue weighted by Gasteiger charge is 2.23. The number of allylic oxidation sites excluding steroid dienone is 2. The Kier molecular flexibility index (Phi) is 6.65. The number of hydrogen-bond donors (Lipinski definition) is 1. The van der Waals surface area contributed by atoms with Crippen LogP contribution in [0.3, 0.4) is 0 Å². The first-order valence-corrected chi connectivity index (χ1v) is 16.6. The van der Waals surface area contributed by atoms with Crippen LogP contribution in [0.5, 0.6) is 0 Å². The van der Waals surface area contributed by atoms with Gasteiger partial charge in [-0.05, 0) is 82.4 Å². The van der Waals surface area contributed by atoms with Crippen LogP contribution in [0.2, 0.25) is 0 Å². The molecule has 0 amide bonds. The minimum absolute atomic E-state index is 0.824. The van der Waals surface area contributed by atoms with Crippen molar-refractivity contribution in [3.05, 3.63) is 162 Å². The molecule has 0 spiro atoms. The van der Waals surface area contributed by atoms with Crippen LogP contribution in [0.25, 0.3) is 82.6 Å². The first-order valence-electron chi connectivity index (χ1n) is 16.6. The fraction of sp³-hybridized carbons (Fsp3) is 0.0667. The molecule has 0 aliphatic carbocycles. The standard InChI is InChI=1S/C45H33N3/c1-28-40-36-20-18-34(30-12-6-3-7-13-30)26-38(36)47-44(32-14-8-4-9-15-32)42(40)29(2)41-37-21-19-35(31-22-24-46-25-23-31)27-39(37)48-45(43(28)41)33-16-10-5-11-17-33/h3-24,26-27,46H,25H2,1-2H3. The van der Waals surface area contributed by atoms with Gasteiger partial charge >= 0.3 is 0 Å². The van der Waals surface area contributed by atoms with Crippen molar-refractivity contribution in [1.29, 1.82) is 0 Å². The molecule has 1 aliphatic rings. The average molecular weight is 616 g/mol. The van der Waals surface area contributed by atoms with Crippen LogP contribution in [0.1, 0.15) is 16.7 Å². The molecule has 6 aromatic carbocycles. The highest BCUT2D eigenvalue weighted by atomic mass is 14.8. The molecule has 2 aromatic heterocycles. The van der Waals surface area contributed by atoms with Crippen molar-refractivity contribution in [3.8, 4) is 33.6 Å². The predicted octanol–water partition coefficient (Wildman–Crippen LogP) is 11.2. The van der Waals surface area contributed by atoms with Crippen LogP contribution < -0.4 is 5.32 Å². The van der Waals surface area contributed by atoms with Gasteiger partial charge < -0.3 is 5.32 Å². The Morgan fingerprint density at radius 3 is 1.46 bits per heavy atom. The topological polar surface area (TPSA) is 37.8 Å². The Morgan fingerprint density at radius 2 is 0.958 bits per heavy atom. The van der Waals surface area contributed by atoms with Crippen LogP contribution in [0.4, 0.5) is 0 Å². The minimum atomic E-state index is 0.824. The lowest BCUT2D eigenvalue weighted by Crippen LogP contribution is -2.08. The van der Waals surface area contributed by atoms with Crippen LogP contribution in [-0.4, -0.2) is 16.5 Å². The zero-order valence-corrected chi connectivity index (χ0v) is 27.0. The lowest BCUT2D eigenvalue weighted by molar-refractivity contribution is 0.976. The number of dihydropyridines is 1. The van der Waals surface area contributed by atoms with Gasteiger partial charge in [0.2, 0.25) is 0 Å². The maximum Gasteiger partial charge on any atom is 0.0791 e. The molecule has 0 bridgehead atoms. The first kappa shape index (κ1) is 28.2. The third kappa shape index (κ3) is 4.51. The van der Waals surface area contributed by atoms with E-state index in [0.717, 1.165) is 56.4 Å². The third-order valence-corrected chi connectivity index (χ3v) is 9.83. The molecule has 9 rings (SSSR count). The highest BCUT2D eigenvalue weighted by Crippen LogP contribution is 2.46. The maximum absolute atomic E-state index is 5.47. The summed E-state index contributed by atoms with van der Waals surface area (Å²) in [5, 5.41) is 10.5. The van der Waals surface area contributed by atoms with Crippen LogP contribution >= 0.6 is 0 Å². The molecule has 1 aliphatic heterocycles. The minimum Gasteiger partial charge on any atom is -0.387 e. The van der Waals surface area contributed by atoms with E-state index in [2.05, 4.69) is 159 Å². The molecule has 3 heterocycles. The maximum atomic E-state index is 5.47. The van der Waals surface area contributed by atoms with Gasteiger partial charge in [-0.2, -0.15) is 0 Å². The molecule has 8 aromatic rings. The number of nitrogens with zero attached hydrogens (tertiary/aromatic N) is 2. The summed E-state index contributed by atoms with van der Waals surface area (Å²) in [6, 6.07) is 45.4. The molecule has 0 atom stereocenters. The summed E-state index contributed by atoms with van der Waals surface area (Å²) in [7, 11) is 0. The SMILES string of the molecule is Cc1c2c(-c3ccccc3)nc3cc(-c4ccccc4)ccc3c2c(C)c2c(-c3ccccc3)nc3cc(C4=CCNC=C4)ccc3c12. The van der Waals surface area contributed by atoms with Gasteiger partial charge in [-0.15, -0.1) is 0 Å². The number of hydrogen-bond acceptors (Lipinski definition) is 3. The first-order chi connectivity index (χ1) is 23.7. The second-order valence-electron chi connectivity index (χ2n) is 12.6. The van der Waals surface area contributed by atoms with Crippen LogP contribution in [-0.2, 0) is 0 Å². The number of rotatable bonds is 4. The molecule has 0 fully saturated rings. The van der Waals surface area contributed by atoms with E-state index < -0.39 is 0 Å². The van der Waals surface area contributed by atoms with E-state index in [1.165, 1.54) is 49.4 Å². The summed E-state index contributed by atoms with van der Waals surface area (Å²) in [5.74, 6) is 0. The monoisotopic (exact) mass is 615 g/mol. The van der Waals surface area contributed by atoms with E-state index in [4.69, 9.17) is 9.97 Å². The molecule has 0 saturated carbocycles. The van der Waals surface area contributed by atoms with E-state index in [9.17, 15) is 0 Å². The summed E-state index contributed by atoms with van der Waals surface area (Å²) >= 11 is 0. The zero-order valence-electron chi connectivity index (χ0n) is 27.0. The highest BCUT2D eigenvalue weighted by molar-refractivity contribution is 6.25. The van der Waals surface area contributed by atoms with E-state index in [1.807, 2.05) is 6.20 Å². The second-order valence-corrected chi connectivity index (χ2v) is 12.6. The van der Waals surface area contributed by atoms with Gasteiger partial charge in [-0.1, -0.05) is 121 Å². The van der Waals surface area contributed by atoms with Gasteiger partial charge in [0.25, 0.3) is 0 Å². The van der Waals surface area contributed by atoms with Crippen molar-refractivity contribution in [2.45, 2.75) is 13.8 Å². The largest absolute Gasteiger partial charge is 0.387 e. The van der Waals surface area contributed by atoms with Crippen molar-refractivity contribution in [3.63, 3.8) is 0 Å². The quantitative estimate of drug-likeness (QED) is 0.158. The summed E-state index contributed by atoms with van der Waals surface area (Å²) in [6.07, 6.45) is 6.39. The van der Waals surface area contributed by atoms with E-state index in [-0.39, 0.29) is 0 Å². The Bertz CT molecular complexity index is 2600. The fourth-order valence-electron chi connectivity index (χ4n) is 7.56. The lowest BCUT2D eigenvalue weighted by Gasteiger charge is -2.21. The molecular formula is C45H33N3. The van der Waals surface area contributed by atoms with E-state index >= 15 is 0 Å². The summed E-state index contributed by atoms with van der Waals surface area (Å²) in [6.45, 7) is 5.38. The number of fused-ring (bicyclic) bond motifs is 6. The smallest absolute Gasteiger partial charge is 0.0791 e. The summed E-state index contributed by atoms with van der Waals surface area (Å²) in [4.78, 5) is 10.9. The average Bonchev–Trinajstić information content (AvgIpc) is 3.16. The normalized spacial score (nSPS) is 12.9. The van der Waals surface area contributed by atoms with Gasteiger partial charge in [0, 0.05) is 39.2 Å². The van der Waals surface area contributed by atoms with Gasteiger partial charge in [0.05, 0.1) is 22.4 Å². The molecule has 3 nitrogen and oxygen atoms in total. The number of pyridine rings is 2. The van der Waals surface area contributed by atoms with Crippen molar-refractivity contribution in [1.82, 2.24) is 15.3 Å². The Balaban J connectivity index is 1.45. The number of nitrogens with one attached hydrogen (secondary N) is 1. The van der Waals surface area contributed by atoms with Crippen molar-refractivity contribution in [2.24, 2.45) is 0 Å². The molecule has 1 N–H and O–H groups in total. The molecule has 0 unspecified atom stereocenters. The fourth-order valence-corrected chi connectivity index (χ4v) is 7.56. The third-order valence-electron chi connectivity index (χ3n) is 9.83. The van der Waals surface area contributed by atoms with Crippen LogP contribution in [0.15, 0.2) is 146 Å². The van der Waals surface area contributed by atoms with Crippen LogP contribution in [0, 0.1) is 13.8 Å².